The molecule has 7 nitrogen and oxygen atoms in total. The summed E-state index contributed by atoms with van der Waals surface area (Å²) in [5.41, 5.74) is 1.96. The number of rotatable bonds is 6. The lowest BCUT2D eigenvalue weighted by molar-refractivity contribution is -0.114. The zero-order chi connectivity index (χ0) is 19.2. The molecule has 0 bridgehead atoms. The van der Waals surface area contributed by atoms with Gasteiger partial charge in [-0.05, 0) is 42.5 Å². The van der Waals surface area contributed by atoms with E-state index in [2.05, 4.69) is 20.8 Å². The van der Waals surface area contributed by atoms with Crippen LogP contribution < -0.4 is 10.6 Å². The summed E-state index contributed by atoms with van der Waals surface area (Å²) in [6, 6.07) is 13.9. The maximum atomic E-state index is 12.0. The normalized spacial score (nSPS) is 10.4. The van der Waals surface area contributed by atoms with E-state index in [-0.39, 0.29) is 22.8 Å². The number of benzene rings is 2. The largest absolute Gasteiger partial charge is 0.411 e. The lowest BCUT2D eigenvalue weighted by atomic mass is 10.2. The van der Waals surface area contributed by atoms with Crippen molar-refractivity contribution in [1.29, 1.82) is 0 Å². The Morgan fingerprint density at radius 2 is 1.85 bits per heavy atom. The molecule has 2 N–H and O–H groups in total. The predicted molar refractivity (Wildman–Crippen MR) is 105 cm³/mol. The molecule has 0 spiro atoms. The summed E-state index contributed by atoms with van der Waals surface area (Å²) in [7, 11) is 0. The smallest absolute Gasteiger partial charge is 0.277 e. The van der Waals surface area contributed by atoms with E-state index in [0.717, 1.165) is 11.8 Å². The first-order valence-electron chi connectivity index (χ1n) is 7.89. The maximum Gasteiger partial charge on any atom is 0.277 e. The fourth-order valence-corrected chi connectivity index (χ4v) is 2.86. The highest BCUT2D eigenvalue weighted by molar-refractivity contribution is 7.99. The molecule has 2 aromatic carbocycles. The average Bonchev–Trinajstić information content (AvgIpc) is 3.11. The molecule has 0 saturated carbocycles. The Balaban J connectivity index is 1.58. The highest BCUT2D eigenvalue weighted by atomic mass is 35.5. The lowest BCUT2D eigenvalue weighted by Crippen LogP contribution is -2.13. The van der Waals surface area contributed by atoms with Gasteiger partial charge in [0.2, 0.25) is 17.7 Å². The monoisotopic (exact) mass is 402 g/mol. The van der Waals surface area contributed by atoms with Crippen molar-refractivity contribution in [1.82, 2.24) is 10.2 Å². The molecule has 1 aromatic heterocycles. The number of amides is 2. The van der Waals surface area contributed by atoms with Crippen LogP contribution in [0.25, 0.3) is 11.5 Å². The lowest BCUT2D eigenvalue weighted by Gasteiger charge is -2.03. The minimum absolute atomic E-state index is 0.121. The Morgan fingerprint density at radius 1 is 1.07 bits per heavy atom. The number of anilines is 2. The Labute approximate surface area is 164 Å². The molecule has 2 amide bonds. The number of nitrogens with zero attached hydrogens (tertiary/aromatic N) is 2. The minimum atomic E-state index is -0.199. The van der Waals surface area contributed by atoms with Gasteiger partial charge in [-0.2, -0.15) is 0 Å². The first kappa shape index (κ1) is 18.9. The molecule has 0 aliphatic heterocycles. The van der Waals surface area contributed by atoms with Crippen molar-refractivity contribution in [2.45, 2.75) is 12.1 Å². The Morgan fingerprint density at radius 3 is 2.59 bits per heavy atom. The molecule has 0 unspecified atom stereocenters. The van der Waals surface area contributed by atoms with Crippen LogP contribution >= 0.6 is 23.4 Å². The molecular formula is C18H15ClN4O3S. The number of hydrogen-bond acceptors (Lipinski definition) is 6. The van der Waals surface area contributed by atoms with Gasteiger partial charge in [-0.25, -0.2) is 0 Å². The minimum Gasteiger partial charge on any atom is -0.411 e. The van der Waals surface area contributed by atoms with Crippen molar-refractivity contribution in [2.24, 2.45) is 0 Å². The van der Waals surface area contributed by atoms with Gasteiger partial charge in [0, 0.05) is 28.9 Å². The van der Waals surface area contributed by atoms with Crippen LogP contribution in [-0.2, 0) is 9.59 Å². The number of hydrogen-bond donors (Lipinski definition) is 2. The van der Waals surface area contributed by atoms with Gasteiger partial charge in [0.05, 0.1) is 5.75 Å². The second-order valence-electron chi connectivity index (χ2n) is 5.48. The van der Waals surface area contributed by atoms with Gasteiger partial charge in [0.15, 0.2) is 0 Å². The van der Waals surface area contributed by atoms with Crippen molar-refractivity contribution in [3.05, 3.63) is 53.6 Å². The molecule has 3 rings (SSSR count). The summed E-state index contributed by atoms with van der Waals surface area (Å²) < 4.78 is 5.58. The average molecular weight is 403 g/mol. The van der Waals surface area contributed by atoms with E-state index in [1.54, 1.807) is 48.5 Å². The van der Waals surface area contributed by atoms with Gasteiger partial charge in [0.1, 0.15) is 0 Å². The highest BCUT2D eigenvalue weighted by Gasteiger charge is 2.12. The Hall–Kier alpha value is -2.84. The van der Waals surface area contributed by atoms with E-state index >= 15 is 0 Å². The van der Waals surface area contributed by atoms with E-state index in [4.69, 9.17) is 16.0 Å². The van der Waals surface area contributed by atoms with E-state index in [1.165, 1.54) is 6.92 Å². The molecule has 0 aliphatic rings. The van der Waals surface area contributed by atoms with Crippen molar-refractivity contribution in [3.63, 3.8) is 0 Å². The SMILES string of the molecule is CC(=O)Nc1cccc(-c2nnc(SCC(=O)Nc3ccc(Cl)cc3)o2)c1. The number of carbonyl (C=O) groups is 2. The van der Waals surface area contributed by atoms with Crippen LogP contribution in [0.4, 0.5) is 11.4 Å². The molecular weight excluding hydrogens is 388 g/mol. The van der Waals surface area contributed by atoms with Crippen molar-refractivity contribution < 1.29 is 14.0 Å². The third-order valence-electron chi connectivity index (χ3n) is 3.29. The quantitative estimate of drug-likeness (QED) is 0.603. The standard InChI is InChI=1S/C18H15ClN4O3S/c1-11(24)20-15-4-2-3-12(9-15)17-22-23-18(26-17)27-10-16(25)21-14-7-5-13(19)6-8-14/h2-9H,10H2,1H3,(H,20,24)(H,21,25). The van der Waals surface area contributed by atoms with E-state index in [9.17, 15) is 9.59 Å². The summed E-state index contributed by atoms with van der Waals surface area (Å²) in [6.07, 6.45) is 0. The van der Waals surface area contributed by atoms with Crippen LogP contribution in [0.1, 0.15) is 6.92 Å². The maximum absolute atomic E-state index is 12.0. The number of thioether (sulfide) groups is 1. The van der Waals surface area contributed by atoms with Gasteiger partial charge < -0.3 is 15.1 Å². The third-order valence-corrected chi connectivity index (χ3v) is 4.36. The second kappa shape index (κ2) is 8.70. The highest BCUT2D eigenvalue weighted by Crippen LogP contribution is 2.25. The molecule has 138 valence electrons. The van der Waals surface area contributed by atoms with Crippen molar-refractivity contribution in [2.75, 3.05) is 16.4 Å². The first-order valence-corrected chi connectivity index (χ1v) is 9.26. The van der Waals surface area contributed by atoms with Crippen molar-refractivity contribution in [3.8, 4) is 11.5 Å². The molecule has 1 heterocycles. The van der Waals surface area contributed by atoms with Crippen LogP contribution in [0.2, 0.25) is 5.02 Å². The molecule has 9 heteroatoms. The molecule has 3 aromatic rings. The van der Waals surface area contributed by atoms with Gasteiger partial charge in [0.25, 0.3) is 5.22 Å². The summed E-state index contributed by atoms with van der Waals surface area (Å²) >= 11 is 6.94. The topological polar surface area (TPSA) is 97.1 Å². The van der Waals surface area contributed by atoms with Crippen molar-refractivity contribution >= 4 is 46.6 Å². The summed E-state index contributed by atoms with van der Waals surface area (Å²) in [6.45, 7) is 1.43. The molecule has 0 fully saturated rings. The molecule has 0 saturated heterocycles. The predicted octanol–water partition coefficient (Wildman–Crippen LogP) is 4.08. The number of halogens is 1. The van der Waals surface area contributed by atoms with E-state index < -0.39 is 0 Å². The number of aromatic nitrogens is 2. The summed E-state index contributed by atoms with van der Waals surface area (Å²) in [5, 5.41) is 14.2. The van der Waals surface area contributed by atoms with Gasteiger partial charge >= 0.3 is 0 Å². The third kappa shape index (κ3) is 5.57. The Kier molecular flexibility index (Phi) is 6.10. The van der Waals surface area contributed by atoms with Crippen LogP contribution in [0.15, 0.2) is 58.2 Å². The van der Waals surface area contributed by atoms with Crippen LogP contribution in [0.3, 0.4) is 0 Å². The van der Waals surface area contributed by atoms with Crippen LogP contribution in [0.5, 0.6) is 0 Å². The van der Waals surface area contributed by atoms with Crippen LogP contribution in [-0.4, -0.2) is 27.8 Å². The molecule has 0 aliphatic carbocycles. The van der Waals surface area contributed by atoms with Gasteiger partial charge in [-0.1, -0.05) is 29.4 Å². The summed E-state index contributed by atoms with van der Waals surface area (Å²) in [4.78, 5) is 23.2. The first-order chi connectivity index (χ1) is 13.0. The second-order valence-corrected chi connectivity index (χ2v) is 6.84. The number of carbonyl (C=O) groups excluding carboxylic acids is 2. The molecule has 27 heavy (non-hydrogen) atoms. The number of nitrogens with one attached hydrogen (secondary N) is 2. The summed E-state index contributed by atoms with van der Waals surface area (Å²) in [5.74, 6) is 0.0640. The van der Waals surface area contributed by atoms with Gasteiger partial charge in [-0.15, -0.1) is 10.2 Å². The Bertz CT molecular complexity index is 959. The van der Waals surface area contributed by atoms with E-state index in [1.807, 2.05) is 0 Å². The zero-order valence-corrected chi connectivity index (χ0v) is 15.8. The fourth-order valence-electron chi connectivity index (χ4n) is 2.18. The van der Waals surface area contributed by atoms with E-state index in [0.29, 0.717) is 27.9 Å². The fraction of sp³-hybridized carbons (Fsp3) is 0.111. The van der Waals surface area contributed by atoms with Crippen LogP contribution in [0, 0.1) is 0 Å². The zero-order valence-electron chi connectivity index (χ0n) is 14.2. The molecule has 0 atom stereocenters. The molecule has 0 radical (unpaired) electrons. The van der Waals surface area contributed by atoms with Gasteiger partial charge in [-0.3, -0.25) is 9.59 Å².